The summed E-state index contributed by atoms with van der Waals surface area (Å²) in [6, 6.07) is 8.95. The third-order valence-electron chi connectivity index (χ3n) is 3.16. The fourth-order valence-corrected chi connectivity index (χ4v) is 1.96. The molecule has 0 radical (unpaired) electrons. The number of carbonyl (C=O) groups excluding carboxylic acids is 2. The van der Waals surface area contributed by atoms with Crippen molar-refractivity contribution in [3.05, 3.63) is 35.9 Å². The molecule has 0 aliphatic heterocycles. The number of benzene rings is 1. The third-order valence-corrected chi connectivity index (χ3v) is 3.16. The lowest BCUT2D eigenvalue weighted by Crippen LogP contribution is -2.50. The molecule has 116 valence electrons. The fourth-order valence-electron chi connectivity index (χ4n) is 1.96. The molecule has 0 bridgehead atoms. The van der Waals surface area contributed by atoms with Gasteiger partial charge in [-0.1, -0.05) is 44.2 Å². The van der Waals surface area contributed by atoms with Gasteiger partial charge in [0.15, 0.2) is 0 Å². The number of hydrogen-bond donors (Lipinski definition) is 2. The van der Waals surface area contributed by atoms with E-state index < -0.39 is 12.1 Å². The molecule has 1 rings (SSSR count). The Morgan fingerprint density at radius 1 is 1.10 bits per heavy atom. The van der Waals surface area contributed by atoms with Gasteiger partial charge in [0.2, 0.25) is 5.91 Å². The molecule has 5 heteroatoms. The Bertz CT molecular complexity index is 460. The number of ether oxygens (including phenoxy) is 1. The van der Waals surface area contributed by atoms with Crippen LogP contribution < -0.4 is 10.6 Å². The van der Waals surface area contributed by atoms with Crippen molar-refractivity contribution in [2.45, 2.75) is 39.8 Å². The quantitative estimate of drug-likeness (QED) is 0.847. The summed E-state index contributed by atoms with van der Waals surface area (Å²) >= 11 is 0. The monoisotopic (exact) mass is 292 g/mol. The first-order valence-electron chi connectivity index (χ1n) is 7.24. The molecule has 1 aromatic carbocycles. The minimum atomic E-state index is -0.616. The molecule has 0 heterocycles. The topological polar surface area (TPSA) is 67.4 Å². The summed E-state index contributed by atoms with van der Waals surface area (Å²) in [4.78, 5) is 23.8. The highest BCUT2D eigenvalue weighted by atomic mass is 16.5. The molecule has 0 unspecified atom stereocenters. The van der Waals surface area contributed by atoms with Gasteiger partial charge >= 0.3 is 6.09 Å². The first-order valence-corrected chi connectivity index (χ1v) is 7.24. The minimum absolute atomic E-state index is 0.0302. The van der Waals surface area contributed by atoms with Crippen molar-refractivity contribution in [2.24, 2.45) is 5.92 Å². The molecule has 1 aromatic rings. The van der Waals surface area contributed by atoms with Crippen LogP contribution in [0.3, 0.4) is 0 Å². The Labute approximate surface area is 126 Å². The van der Waals surface area contributed by atoms with Crippen molar-refractivity contribution in [3.63, 3.8) is 0 Å². The molecule has 0 saturated carbocycles. The van der Waals surface area contributed by atoms with Gasteiger partial charge in [0.1, 0.15) is 6.04 Å². The highest BCUT2D eigenvalue weighted by Crippen LogP contribution is 2.12. The number of carbonyl (C=O) groups is 2. The highest BCUT2D eigenvalue weighted by Gasteiger charge is 2.25. The minimum Gasteiger partial charge on any atom is -0.450 e. The molecular formula is C16H24N2O3. The van der Waals surface area contributed by atoms with Gasteiger partial charge in [-0.15, -0.1) is 0 Å². The lowest BCUT2D eigenvalue weighted by molar-refractivity contribution is -0.124. The molecule has 0 aromatic heterocycles. The maximum atomic E-state index is 12.3. The molecule has 0 aliphatic carbocycles. The zero-order chi connectivity index (χ0) is 15.8. The van der Waals surface area contributed by atoms with Gasteiger partial charge in [0.25, 0.3) is 0 Å². The van der Waals surface area contributed by atoms with Crippen LogP contribution in [0.5, 0.6) is 0 Å². The molecule has 2 N–H and O–H groups in total. The van der Waals surface area contributed by atoms with E-state index >= 15 is 0 Å². The van der Waals surface area contributed by atoms with Crippen LogP contribution in [0.25, 0.3) is 0 Å². The van der Waals surface area contributed by atoms with Gasteiger partial charge in [-0.3, -0.25) is 4.79 Å². The summed E-state index contributed by atoms with van der Waals surface area (Å²) in [6.07, 6.45) is -0.571. The molecule has 21 heavy (non-hydrogen) atoms. The highest BCUT2D eigenvalue weighted by molar-refractivity contribution is 5.86. The van der Waals surface area contributed by atoms with Crippen molar-refractivity contribution in [1.29, 1.82) is 0 Å². The lowest BCUT2D eigenvalue weighted by atomic mass is 10.0. The van der Waals surface area contributed by atoms with Gasteiger partial charge < -0.3 is 15.4 Å². The number of rotatable bonds is 6. The molecule has 2 amide bonds. The standard InChI is InChI=1S/C16H24N2O3/c1-5-21-16(20)18-14(11(2)3)15(19)17-12(4)13-9-7-6-8-10-13/h6-12,14H,5H2,1-4H3,(H,17,19)(H,18,20)/t12-,14+/m1/s1. The summed E-state index contributed by atoms with van der Waals surface area (Å²) in [5, 5.41) is 5.52. The molecule has 0 fully saturated rings. The fraction of sp³-hybridized carbons (Fsp3) is 0.500. The van der Waals surface area contributed by atoms with E-state index in [2.05, 4.69) is 10.6 Å². The summed E-state index contributed by atoms with van der Waals surface area (Å²) in [5.74, 6) is -0.244. The van der Waals surface area contributed by atoms with Crippen molar-refractivity contribution in [1.82, 2.24) is 10.6 Å². The summed E-state index contributed by atoms with van der Waals surface area (Å²) in [7, 11) is 0. The predicted molar refractivity (Wildman–Crippen MR) is 81.8 cm³/mol. The van der Waals surface area contributed by atoms with Crippen LogP contribution in [0.15, 0.2) is 30.3 Å². The van der Waals surface area contributed by atoms with Crippen LogP contribution in [0, 0.1) is 5.92 Å². The third kappa shape index (κ3) is 5.45. The van der Waals surface area contributed by atoms with Crippen LogP contribution in [-0.2, 0) is 9.53 Å². The van der Waals surface area contributed by atoms with E-state index in [0.29, 0.717) is 0 Å². The second-order valence-electron chi connectivity index (χ2n) is 5.23. The van der Waals surface area contributed by atoms with E-state index in [9.17, 15) is 9.59 Å². The summed E-state index contributed by atoms with van der Waals surface area (Å²) in [6.45, 7) is 7.67. The van der Waals surface area contributed by atoms with Gasteiger partial charge in [0.05, 0.1) is 12.6 Å². The number of hydrogen-bond acceptors (Lipinski definition) is 3. The zero-order valence-electron chi connectivity index (χ0n) is 13.1. The average Bonchev–Trinajstić information content (AvgIpc) is 2.45. The Morgan fingerprint density at radius 2 is 1.71 bits per heavy atom. The normalized spacial score (nSPS) is 13.4. The molecule has 0 aliphatic rings. The summed E-state index contributed by atoms with van der Waals surface area (Å²) in [5.41, 5.74) is 1.02. The van der Waals surface area contributed by atoms with Crippen LogP contribution in [0.2, 0.25) is 0 Å². The average molecular weight is 292 g/mol. The van der Waals surface area contributed by atoms with Gasteiger partial charge in [-0.2, -0.15) is 0 Å². The first-order chi connectivity index (χ1) is 9.95. The van der Waals surface area contributed by atoms with Gasteiger partial charge in [0, 0.05) is 0 Å². The van der Waals surface area contributed by atoms with Crippen LogP contribution in [-0.4, -0.2) is 24.6 Å². The van der Waals surface area contributed by atoms with Crippen molar-refractivity contribution >= 4 is 12.0 Å². The van der Waals surface area contributed by atoms with Crippen LogP contribution >= 0.6 is 0 Å². The van der Waals surface area contributed by atoms with Gasteiger partial charge in [-0.05, 0) is 25.3 Å². The van der Waals surface area contributed by atoms with E-state index in [-0.39, 0.29) is 24.5 Å². The van der Waals surface area contributed by atoms with Crippen molar-refractivity contribution < 1.29 is 14.3 Å². The molecule has 0 spiro atoms. The molecule has 5 nitrogen and oxygen atoms in total. The first kappa shape index (κ1) is 17.0. The number of amides is 2. The van der Waals surface area contributed by atoms with Crippen LogP contribution in [0.1, 0.15) is 39.3 Å². The van der Waals surface area contributed by atoms with E-state index in [1.807, 2.05) is 51.1 Å². The number of nitrogens with one attached hydrogen (secondary N) is 2. The summed E-state index contributed by atoms with van der Waals surface area (Å²) < 4.78 is 4.83. The Kier molecular flexibility index (Phi) is 6.72. The van der Waals surface area contributed by atoms with E-state index in [1.54, 1.807) is 6.92 Å². The maximum Gasteiger partial charge on any atom is 0.407 e. The lowest BCUT2D eigenvalue weighted by Gasteiger charge is -2.23. The Morgan fingerprint density at radius 3 is 2.24 bits per heavy atom. The van der Waals surface area contributed by atoms with Crippen molar-refractivity contribution in [3.8, 4) is 0 Å². The van der Waals surface area contributed by atoms with E-state index in [1.165, 1.54) is 0 Å². The van der Waals surface area contributed by atoms with E-state index in [4.69, 9.17) is 4.74 Å². The van der Waals surface area contributed by atoms with Gasteiger partial charge in [-0.25, -0.2) is 4.79 Å². The largest absolute Gasteiger partial charge is 0.450 e. The van der Waals surface area contributed by atoms with Crippen molar-refractivity contribution in [2.75, 3.05) is 6.61 Å². The Balaban J connectivity index is 2.67. The van der Waals surface area contributed by atoms with E-state index in [0.717, 1.165) is 5.56 Å². The predicted octanol–water partition coefficient (Wildman–Crippen LogP) is 2.63. The van der Waals surface area contributed by atoms with Crippen LogP contribution in [0.4, 0.5) is 4.79 Å². The Hall–Kier alpha value is -2.04. The zero-order valence-corrected chi connectivity index (χ0v) is 13.1. The molecule has 0 saturated heterocycles. The molecule has 2 atom stereocenters. The second-order valence-corrected chi connectivity index (χ2v) is 5.23. The number of alkyl carbamates (subject to hydrolysis) is 1. The maximum absolute atomic E-state index is 12.3. The smallest absolute Gasteiger partial charge is 0.407 e. The molecular weight excluding hydrogens is 268 g/mol. The second kappa shape index (κ2) is 8.29. The SMILES string of the molecule is CCOC(=O)N[C@H](C(=O)N[C@H](C)c1ccccc1)C(C)C.